The number of hydrogen-bond donors (Lipinski definition) is 4. The van der Waals surface area contributed by atoms with E-state index >= 15 is 0 Å². The van der Waals surface area contributed by atoms with Crippen LogP contribution in [0.25, 0.3) is 0 Å². The standard InChI is InChI=1S/C24H34N6O2/c1-24(2,3)19-15-20(27-23(32)25-14-13-16-9-5-4-6-10-16)30(29-19)22-26-18-12-8-7-11-17(18)21(31)28-22/h4-6,9-10,15,17-18,22,26H,7-8,11-14H2,1-3H3,(H,28,31)(H2,25,27,32). The first-order valence-corrected chi connectivity index (χ1v) is 11.6. The van der Waals surface area contributed by atoms with Crippen LogP contribution in [0.4, 0.5) is 10.6 Å². The fraction of sp³-hybridized carbons (Fsp3) is 0.542. The van der Waals surface area contributed by atoms with E-state index in [1.807, 2.05) is 36.4 Å². The Morgan fingerprint density at radius 1 is 1.19 bits per heavy atom. The minimum atomic E-state index is -0.488. The Hall–Kier alpha value is -2.87. The smallest absolute Gasteiger partial charge is 0.320 e. The van der Waals surface area contributed by atoms with Crippen LogP contribution in [0.1, 0.15) is 64.0 Å². The van der Waals surface area contributed by atoms with Crippen LogP contribution in [0, 0.1) is 5.92 Å². The number of amides is 3. The molecule has 8 nitrogen and oxygen atoms in total. The number of nitrogens with one attached hydrogen (secondary N) is 4. The largest absolute Gasteiger partial charge is 0.337 e. The quantitative estimate of drug-likeness (QED) is 0.576. The third kappa shape index (κ3) is 5.12. The molecule has 3 atom stereocenters. The van der Waals surface area contributed by atoms with E-state index in [0.29, 0.717) is 12.4 Å². The highest BCUT2D eigenvalue weighted by Gasteiger charge is 2.39. The molecule has 3 unspecified atom stereocenters. The van der Waals surface area contributed by atoms with Crippen molar-refractivity contribution in [1.29, 1.82) is 0 Å². The Labute approximate surface area is 189 Å². The van der Waals surface area contributed by atoms with Gasteiger partial charge in [0.2, 0.25) is 5.91 Å². The third-order valence-electron chi connectivity index (χ3n) is 6.29. The SMILES string of the molecule is CC(C)(C)c1cc(NC(=O)NCCc2ccccc2)n(C2NC(=O)C3CCCCC3N2)n1. The van der Waals surface area contributed by atoms with Crippen molar-refractivity contribution in [2.45, 2.75) is 70.6 Å². The van der Waals surface area contributed by atoms with Gasteiger partial charge in [0.15, 0.2) is 6.29 Å². The van der Waals surface area contributed by atoms with E-state index in [0.717, 1.165) is 37.8 Å². The highest BCUT2D eigenvalue weighted by atomic mass is 16.2. The van der Waals surface area contributed by atoms with Crippen LogP contribution in [0.5, 0.6) is 0 Å². The molecule has 3 amide bonds. The summed E-state index contributed by atoms with van der Waals surface area (Å²) >= 11 is 0. The second-order valence-corrected chi connectivity index (χ2v) is 9.80. The lowest BCUT2D eigenvalue weighted by Crippen LogP contribution is -2.59. The number of aromatic nitrogens is 2. The van der Waals surface area contributed by atoms with Crippen LogP contribution in [0.2, 0.25) is 0 Å². The van der Waals surface area contributed by atoms with E-state index in [1.165, 1.54) is 5.56 Å². The number of hydrogen-bond acceptors (Lipinski definition) is 4. The van der Waals surface area contributed by atoms with Crippen molar-refractivity contribution in [2.75, 3.05) is 11.9 Å². The summed E-state index contributed by atoms with van der Waals surface area (Å²) in [6.07, 6.45) is 4.37. The number of anilines is 1. The molecule has 32 heavy (non-hydrogen) atoms. The van der Waals surface area contributed by atoms with Crippen molar-refractivity contribution in [3.63, 3.8) is 0 Å². The van der Waals surface area contributed by atoms with Gasteiger partial charge in [-0.05, 0) is 24.8 Å². The molecule has 0 bridgehead atoms. The molecule has 0 radical (unpaired) electrons. The van der Waals surface area contributed by atoms with Crippen LogP contribution in [0.3, 0.4) is 0 Å². The summed E-state index contributed by atoms with van der Waals surface area (Å²) in [6.45, 7) is 6.76. The van der Waals surface area contributed by atoms with E-state index in [4.69, 9.17) is 5.10 Å². The lowest BCUT2D eigenvalue weighted by atomic mass is 9.83. The number of benzene rings is 1. The van der Waals surface area contributed by atoms with Crippen LogP contribution >= 0.6 is 0 Å². The van der Waals surface area contributed by atoms with Gasteiger partial charge in [0.25, 0.3) is 0 Å². The van der Waals surface area contributed by atoms with Crippen molar-refractivity contribution in [1.82, 2.24) is 25.7 Å². The van der Waals surface area contributed by atoms with E-state index in [2.05, 4.69) is 42.0 Å². The van der Waals surface area contributed by atoms with Gasteiger partial charge in [-0.1, -0.05) is 63.9 Å². The van der Waals surface area contributed by atoms with Crippen molar-refractivity contribution in [3.8, 4) is 0 Å². The molecular weight excluding hydrogens is 404 g/mol. The number of fused-ring (bicyclic) bond motifs is 1. The molecule has 1 aliphatic carbocycles. The van der Waals surface area contributed by atoms with E-state index in [-0.39, 0.29) is 29.3 Å². The number of urea groups is 1. The second kappa shape index (κ2) is 9.32. The Kier molecular flexibility index (Phi) is 6.50. The highest BCUT2D eigenvalue weighted by molar-refractivity contribution is 5.88. The van der Waals surface area contributed by atoms with Gasteiger partial charge in [0, 0.05) is 24.1 Å². The van der Waals surface area contributed by atoms with Crippen LogP contribution in [0.15, 0.2) is 36.4 Å². The molecule has 1 saturated heterocycles. The molecule has 1 aromatic heterocycles. The van der Waals surface area contributed by atoms with Gasteiger partial charge in [-0.2, -0.15) is 5.10 Å². The maximum absolute atomic E-state index is 12.7. The molecule has 8 heteroatoms. The zero-order valence-corrected chi connectivity index (χ0v) is 19.1. The van der Waals surface area contributed by atoms with Crippen molar-refractivity contribution in [2.24, 2.45) is 5.92 Å². The zero-order chi connectivity index (χ0) is 22.7. The summed E-state index contributed by atoms with van der Waals surface area (Å²) < 4.78 is 1.69. The van der Waals surface area contributed by atoms with Gasteiger partial charge < -0.3 is 10.6 Å². The molecule has 2 fully saturated rings. The molecule has 1 aliphatic heterocycles. The van der Waals surface area contributed by atoms with Crippen LogP contribution < -0.4 is 21.3 Å². The first-order valence-electron chi connectivity index (χ1n) is 11.6. The summed E-state index contributed by atoms with van der Waals surface area (Å²) in [6, 6.07) is 11.8. The van der Waals surface area contributed by atoms with Crippen molar-refractivity contribution in [3.05, 3.63) is 47.7 Å². The minimum Gasteiger partial charge on any atom is -0.337 e. The Balaban J connectivity index is 1.47. The van der Waals surface area contributed by atoms with Gasteiger partial charge >= 0.3 is 6.03 Å². The summed E-state index contributed by atoms with van der Waals surface area (Å²) in [5, 5.41) is 17.2. The molecule has 1 aromatic carbocycles. The van der Waals surface area contributed by atoms with Gasteiger partial charge in [-0.25, -0.2) is 9.48 Å². The average Bonchev–Trinajstić information content (AvgIpc) is 3.19. The summed E-state index contributed by atoms with van der Waals surface area (Å²) in [5.74, 6) is 0.624. The van der Waals surface area contributed by atoms with E-state index in [1.54, 1.807) is 4.68 Å². The summed E-state index contributed by atoms with van der Waals surface area (Å²) in [4.78, 5) is 25.4. The van der Waals surface area contributed by atoms with Crippen LogP contribution in [-0.2, 0) is 16.6 Å². The lowest BCUT2D eigenvalue weighted by molar-refractivity contribution is -0.132. The van der Waals surface area contributed by atoms with E-state index < -0.39 is 6.29 Å². The molecule has 4 N–H and O–H groups in total. The lowest BCUT2D eigenvalue weighted by Gasteiger charge is -2.40. The second-order valence-electron chi connectivity index (χ2n) is 9.80. The first-order chi connectivity index (χ1) is 15.3. The molecule has 4 rings (SSSR count). The molecule has 2 aromatic rings. The fourth-order valence-corrected chi connectivity index (χ4v) is 4.44. The summed E-state index contributed by atoms with van der Waals surface area (Å²) in [5.41, 5.74) is 1.82. The normalized spacial score (nSPS) is 23.2. The maximum Gasteiger partial charge on any atom is 0.320 e. The minimum absolute atomic E-state index is 0.00958. The molecular formula is C24H34N6O2. The number of carbonyl (C=O) groups is 2. The number of carbonyl (C=O) groups excluding carboxylic acids is 2. The predicted molar refractivity (Wildman–Crippen MR) is 124 cm³/mol. The molecule has 2 heterocycles. The summed E-state index contributed by atoms with van der Waals surface area (Å²) in [7, 11) is 0. The van der Waals surface area contributed by atoms with Gasteiger partial charge in [-0.15, -0.1) is 0 Å². The molecule has 2 aliphatic rings. The monoisotopic (exact) mass is 438 g/mol. The Morgan fingerprint density at radius 3 is 2.69 bits per heavy atom. The van der Waals surface area contributed by atoms with Gasteiger partial charge in [0.1, 0.15) is 5.82 Å². The van der Waals surface area contributed by atoms with Gasteiger partial charge in [-0.3, -0.25) is 15.4 Å². The van der Waals surface area contributed by atoms with Crippen molar-refractivity contribution < 1.29 is 9.59 Å². The average molecular weight is 439 g/mol. The number of nitrogens with zero attached hydrogens (tertiary/aromatic N) is 2. The van der Waals surface area contributed by atoms with Crippen LogP contribution in [-0.4, -0.2) is 34.3 Å². The maximum atomic E-state index is 12.7. The topological polar surface area (TPSA) is 100 Å². The van der Waals surface area contributed by atoms with Gasteiger partial charge in [0.05, 0.1) is 11.6 Å². The highest BCUT2D eigenvalue weighted by Crippen LogP contribution is 2.31. The Morgan fingerprint density at radius 2 is 1.94 bits per heavy atom. The third-order valence-corrected chi connectivity index (χ3v) is 6.29. The van der Waals surface area contributed by atoms with Crippen molar-refractivity contribution >= 4 is 17.8 Å². The predicted octanol–water partition coefficient (Wildman–Crippen LogP) is 3.28. The zero-order valence-electron chi connectivity index (χ0n) is 19.1. The van der Waals surface area contributed by atoms with E-state index in [9.17, 15) is 9.59 Å². The number of rotatable bonds is 5. The fourth-order valence-electron chi connectivity index (χ4n) is 4.44. The molecule has 1 saturated carbocycles. The molecule has 0 spiro atoms. The first kappa shape index (κ1) is 22.3. The Bertz CT molecular complexity index is 949. The molecule has 172 valence electrons.